The molecule has 4 aromatic carbocycles. The standard InChI is InChI=1S/C52H60N8O8/c1-65-25-21-41(57-51(63)67-3)49(61)59-23-5-7-45(59)47-53-39-19-17-35(29-43(39)55-47)37-27-31-9-13-33(37)15-11-32-10-14-34(16-12-31)38(28-32)36-18-20-40-44(30-36)56-48(54-40)46-8-6-24-60(46)50(62)42(22-26-66-2)58-52(64)68-4/h9-10,13-14,17-20,27-30,41-42,45-46H,5-8,11-12,15-16,21-26H2,1-4H3,(H,53,55)(H,54,56)(H,57,63)(H,58,64)/t41-,42-,45-,46-/m0/s1. The van der Waals surface area contributed by atoms with Crippen LogP contribution in [-0.4, -0.2) is 121 Å². The number of H-pyrrole nitrogens is 2. The molecule has 0 unspecified atom stereocenters. The van der Waals surface area contributed by atoms with Crippen molar-refractivity contribution in [1.82, 2.24) is 40.4 Å². The molecule has 16 heteroatoms. The highest BCUT2D eigenvalue weighted by molar-refractivity contribution is 5.88. The summed E-state index contributed by atoms with van der Waals surface area (Å²) in [6.45, 7) is 1.78. The van der Waals surface area contributed by atoms with E-state index in [9.17, 15) is 19.2 Å². The highest BCUT2D eigenvalue weighted by Gasteiger charge is 2.38. The molecule has 4 aliphatic carbocycles. The highest BCUT2D eigenvalue weighted by Crippen LogP contribution is 2.37. The Hall–Kier alpha value is -6.78. The summed E-state index contributed by atoms with van der Waals surface area (Å²) in [4.78, 5) is 72.6. The predicted molar refractivity (Wildman–Crippen MR) is 257 cm³/mol. The Kier molecular flexibility index (Phi) is 14.0. The Bertz CT molecular complexity index is 2630. The minimum absolute atomic E-state index is 0.177. The number of imidazole rings is 2. The maximum absolute atomic E-state index is 13.8. The van der Waals surface area contributed by atoms with E-state index in [0.29, 0.717) is 39.1 Å². The number of rotatable bonds is 14. The van der Waals surface area contributed by atoms with Crippen LogP contribution in [0.25, 0.3) is 44.3 Å². The summed E-state index contributed by atoms with van der Waals surface area (Å²) < 4.78 is 20.1. The molecule has 4 amide bonds. The number of carbonyl (C=O) groups is 4. The van der Waals surface area contributed by atoms with Gasteiger partial charge in [-0.3, -0.25) is 9.59 Å². The molecule has 4 N–H and O–H groups in total. The first-order valence-corrected chi connectivity index (χ1v) is 23.7. The van der Waals surface area contributed by atoms with Gasteiger partial charge in [-0.25, -0.2) is 19.6 Å². The van der Waals surface area contributed by atoms with Gasteiger partial charge in [-0.05, 0) is 120 Å². The molecule has 6 aromatic rings. The zero-order valence-corrected chi connectivity index (χ0v) is 39.2. The summed E-state index contributed by atoms with van der Waals surface area (Å²) in [5.74, 6) is 1.12. The molecular formula is C52H60N8O8. The first kappa shape index (κ1) is 46.3. The molecule has 2 aliphatic heterocycles. The summed E-state index contributed by atoms with van der Waals surface area (Å²) in [5.41, 5.74) is 13.2. The Balaban J connectivity index is 0.931. The summed E-state index contributed by atoms with van der Waals surface area (Å²) in [6, 6.07) is 24.5. The number of aryl methyl sites for hydroxylation is 4. The number of aromatic nitrogens is 4. The molecule has 68 heavy (non-hydrogen) atoms. The zero-order chi connectivity index (χ0) is 47.3. The number of hydrogen-bond donors (Lipinski definition) is 4. The van der Waals surface area contributed by atoms with Gasteiger partial charge in [0.1, 0.15) is 23.7 Å². The second-order valence-electron chi connectivity index (χ2n) is 18.0. The molecule has 4 atom stereocenters. The number of ether oxygens (including phenoxy) is 4. The highest BCUT2D eigenvalue weighted by atomic mass is 16.5. The molecule has 6 aliphatic rings. The fourth-order valence-corrected chi connectivity index (χ4v) is 10.2. The number of fused-ring (bicyclic) bond motifs is 2. The fourth-order valence-electron chi connectivity index (χ4n) is 10.2. The van der Waals surface area contributed by atoms with E-state index in [-0.39, 0.29) is 23.9 Å². The van der Waals surface area contributed by atoms with E-state index in [1.54, 1.807) is 14.2 Å². The molecular weight excluding hydrogens is 865 g/mol. The molecule has 356 valence electrons. The second kappa shape index (κ2) is 20.6. The van der Waals surface area contributed by atoms with E-state index in [4.69, 9.17) is 28.9 Å². The van der Waals surface area contributed by atoms with Crippen molar-refractivity contribution in [3.8, 4) is 22.3 Å². The van der Waals surface area contributed by atoms with Crippen LogP contribution in [0.2, 0.25) is 0 Å². The van der Waals surface area contributed by atoms with E-state index in [2.05, 4.69) is 93.4 Å². The van der Waals surface area contributed by atoms with Gasteiger partial charge in [0.05, 0.1) is 48.4 Å². The molecule has 2 saturated heterocycles. The minimum atomic E-state index is -0.768. The number of alkyl carbamates (subject to hydrolysis) is 2. The van der Waals surface area contributed by atoms with Gasteiger partial charge in [0.2, 0.25) is 11.8 Å². The van der Waals surface area contributed by atoms with Gasteiger partial charge in [-0.15, -0.1) is 0 Å². The third-order valence-electron chi connectivity index (χ3n) is 13.8. The van der Waals surface area contributed by atoms with Crippen LogP contribution in [0.1, 0.15) is 84.5 Å². The largest absolute Gasteiger partial charge is 0.453 e. The quantitative estimate of drug-likeness (QED) is 0.0850. The number of amides is 4. The molecule has 2 aromatic heterocycles. The minimum Gasteiger partial charge on any atom is -0.453 e. The van der Waals surface area contributed by atoms with Crippen LogP contribution in [0.3, 0.4) is 0 Å². The monoisotopic (exact) mass is 924 g/mol. The van der Waals surface area contributed by atoms with Crippen LogP contribution in [-0.2, 0) is 54.2 Å². The topological polar surface area (TPSA) is 193 Å². The van der Waals surface area contributed by atoms with Crippen LogP contribution < -0.4 is 10.6 Å². The lowest BCUT2D eigenvalue weighted by molar-refractivity contribution is -0.135. The third-order valence-corrected chi connectivity index (χ3v) is 13.8. The number of nitrogens with zero attached hydrogens (tertiary/aromatic N) is 4. The molecule has 12 rings (SSSR count). The van der Waals surface area contributed by atoms with Crippen LogP contribution in [0.4, 0.5) is 9.59 Å². The van der Waals surface area contributed by atoms with Crippen molar-refractivity contribution >= 4 is 46.1 Å². The van der Waals surface area contributed by atoms with E-state index >= 15 is 0 Å². The van der Waals surface area contributed by atoms with Crippen molar-refractivity contribution in [2.24, 2.45) is 0 Å². The maximum atomic E-state index is 13.8. The number of methoxy groups -OCH3 is 4. The lowest BCUT2D eigenvalue weighted by Gasteiger charge is -2.28. The van der Waals surface area contributed by atoms with Gasteiger partial charge in [-0.2, -0.15) is 0 Å². The number of hydrogen-bond acceptors (Lipinski definition) is 10. The lowest BCUT2D eigenvalue weighted by Crippen LogP contribution is -2.49. The van der Waals surface area contributed by atoms with E-state index in [1.807, 2.05) is 9.80 Å². The SMILES string of the molecule is COCC[C@H](NC(=O)OC)C(=O)N1CCC[C@H]1c1nc2ccc(-c3cc4ccc3CCc3ccc(c(-c5ccc6nc([C@@H]7CCCN7C(=O)[C@H](CCOC)NC(=O)OC)[nH]c6c5)c3)CC4)cc2[nH]1. The molecule has 4 heterocycles. The molecule has 0 radical (unpaired) electrons. The summed E-state index contributed by atoms with van der Waals surface area (Å²) >= 11 is 0. The van der Waals surface area contributed by atoms with Gasteiger partial charge in [0.25, 0.3) is 0 Å². The summed E-state index contributed by atoms with van der Waals surface area (Å²) in [7, 11) is 5.71. The Morgan fingerprint density at radius 2 is 1.04 bits per heavy atom. The lowest BCUT2D eigenvalue weighted by atomic mass is 9.87. The molecule has 16 nitrogen and oxygen atoms in total. The van der Waals surface area contributed by atoms with Gasteiger partial charge in [-0.1, -0.05) is 48.5 Å². The van der Waals surface area contributed by atoms with Crippen molar-refractivity contribution in [1.29, 1.82) is 0 Å². The number of carbonyl (C=O) groups excluding carboxylic acids is 4. The average Bonchev–Trinajstić information content (AvgIpc) is 4.20. The Labute approximate surface area is 395 Å². The van der Waals surface area contributed by atoms with Crippen molar-refractivity contribution in [3.05, 3.63) is 107 Å². The second-order valence-corrected chi connectivity index (χ2v) is 18.0. The molecule has 0 saturated carbocycles. The number of likely N-dealkylation sites (tertiary alicyclic amines) is 2. The molecule has 4 bridgehead atoms. The van der Waals surface area contributed by atoms with Crippen molar-refractivity contribution in [3.63, 3.8) is 0 Å². The fraction of sp³-hybridized carbons (Fsp3) is 0.423. The van der Waals surface area contributed by atoms with E-state index in [1.165, 1.54) is 47.6 Å². The summed E-state index contributed by atoms with van der Waals surface area (Å²) in [5, 5.41) is 5.39. The van der Waals surface area contributed by atoms with Crippen molar-refractivity contribution in [2.75, 3.05) is 54.7 Å². The average molecular weight is 925 g/mol. The zero-order valence-electron chi connectivity index (χ0n) is 39.2. The smallest absolute Gasteiger partial charge is 0.407 e. The number of aromatic amines is 2. The van der Waals surface area contributed by atoms with Gasteiger partial charge in [0.15, 0.2) is 0 Å². The van der Waals surface area contributed by atoms with Gasteiger partial charge >= 0.3 is 12.2 Å². The van der Waals surface area contributed by atoms with E-state index < -0.39 is 24.3 Å². The van der Waals surface area contributed by atoms with Crippen LogP contribution >= 0.6 is 0 Å². The van der Waals surface area contributed by atoms with Crippen molar-refractivity contribution < 1.29 is 38.1 Å². The van der Waals surface area contributed by atoms with Crippen molar-refractivity contribution in [2.45, 2.75) is 88.4 Å². The predicted octanol–water partition coefficient (Wildman–Crippen LogP) is 7.51. The third kappa shape index (κ3) is 9.79. The summed E-state index contributed by atoms with van der Waals surface area (Å²) in [6.07, 6.45) is 5.96. The van der Waals surface area contributed by atoms with Crippen LogP contribution in [0, 0.1) is 0 Å². The van der Waals surface area contributed by atoms with Crippen LogP contribution in [0.5, 0.6) is 0 Å². The van der Waals surface area contributed by atoms with Gasteiger partial charge in [0, 0.05) is 53.4 Å². The number of benzene rings is 4. The molecule has 0 spiro atoms. The normalized spacial score (nSPS) is 17.8. The first-order valence-electron chi connectivity index (χ1n) is 23.7. The molecule has 2 fully saturated rings. The Morgan fingerprint density at radius 3 is 1.46 bits per heavy atom. The Morgan fingerprint density at radius 1 is 0.603 bits per heavy atom. The maximum Gasteiger partial charge on any atom is 0.407 e. The first-order chi connectivity index (χ1) is 33.1. The van der Waals surface area contributed by atoms with E-state index in [0.717, 1.165) is 96.2 Å². The number of nitrogens with one attached hydrogen (secondary N) is 4. The van der Waals surface area contributed by atoms with Gasteiger partial charge < -0.3 is 49.3 Å². The van der Waals surface area contributed by atoms with Crippen LogP contribution in [0.15, 0.2) is 72.8 Å².